The maximum absolute atomic E-state index is 5.83. The molecular formula is C45H31N3S. The van der Waals surface area contributed by atoms with Gasteiger partial charge in [-0.3, -0.25) is 4.57 Å². The molecule has 1 aliphatic heterocycles. The first-order valence-electron chi connectivity index (χ1n) is 17.0. The Morgan fingerprint density at radius 1 is 0.612 bits per heavy atom. The lowest BCUT2D eigenvalue weighted by molar-refractivity contribution is 0.619. The van der Waals surface area contributed by atoms with Crippen LogP contribution in [0.4, 0.5) is 0 Å². The van der Waals surface area contributed by atoms with Gasteiger partial charge in [0.25, 0.3) is 0 Å². The molecule has 0 radical (unpaired) electrons. The molecule has 2 aliphatic rings. The van der Waals surface area contributed by atoms with Gasteiger partial charge in [0, 0.05) is 47.3 Å². The molecule has 1 aliphatic carbocycles. The summed E-state index contributed by atoms with van der Waals surface area (Å²) in [5.74, 6) is 1.00. The van der Waals surface area contributed by atoms with E-state index in [1.807, 2.05) is 11.3 Å². The molecule has 11 rings (SSSR count). The van der Waals surface area contributed by atoms with Crippen LogP contribution in [0.15, 0.2) is 150 Å². The summed E-state index contributed by atoms with van der Waals surface area (Å²) in [5.41, 5.74) is 8.13. The van der Waals surface area contributed by atoms with Crippen LogP contribution in [0.5, 0.6) is 0 Å². The summed E-state index contributed by atoms with van der Waals surface area (Å²) in [5, 5.41) is 14.2. The van der Waals surface area contributed by atoms with E-state index in [1.165, 1.54) is 80.2 Å². The van der Waals surface area contributed by atoms with Crippen molar-refractivity contribution >= 4 is 86.4 Å². The Balaban J connectivity index is 1.27. The number of fused-ring (bicyclic) bond motifs is 11. The summed E-state index contributed by atoms with van der Waals surface area (Å²) in [6, 6.07) is 51.2. The van der Waals surface area contributed by atoms with Gasteiger partial charge in [0.1, 0.15) is 11.9 Å². The Kier molecular flexibility index (Phi) is 5.39. The third-order valence-corrected chi connectivity index (χ3v) is 12.1. The van der Waals surface area contributed by atoms with E-state index >= 15 is 0 Å². The molecular weight excluding hydrogens is 615 g/mol. The fourth-order valence-corrected chi connectivity index (χ4v) is 9.67. The molecule has 3 heterocycles. The van der Waals surface area contributed by atoms with Crippen molar-refractivity contribution in [2.45, 2.75) is 25.3 Å². The van der Waals surface area contributed by atoms with Crippen molar-refractivity contribution in [3.63, 3.8) is 0 Å². The van der Waals surface area contributed by atoms with Gasteiger partial charge in [0.15, 0.2) is 0 Å². The zero-order chi connectivity index (χ0) is 32.4. The normalized spacial score (nSPS) is 16.9. The smallest absolute Gasteiger partial charge is 0.141 e. The highest BCUT2D eigenvalue weighted by Gasteiger charge is 2.43. The van der Waals surface area contributed by atoms with Gasteiger partial charge in [-0.25, -0.2) is 4.99 Å². The van der Waals surface area contributed by atoms with Crippen LogP contribution >= 0.6 is 11.3 Å². The van der Waals surface area contributed by atoms with E-state index in [4.69, 9.17) is 4.99 Å². The van der Waals surface area contributed by atoms with E-state index in [9.17, 15) is 0 Å². The van der Waals surface area contributed by atoms with Crippen LogP contribution in [0, 0.1) is 0 Å². The zero-order valence-electron chi connectivity index (χ0n) is 27.2. The van der Waals surface area contributed by atoms with Crippen LogP contribution in [0.1, 0.15) is 36.6 Å². The number of nitrogens with zero attached hydrogens (tertiary/aromatic N) is 2. The largest absolute Gasteiger partial charge is 0.370 e. The molecule has 2 aromatic heterocycles. The molecule has 0 fully saturated rings. The van der Waals surface area contributed by atoms with Gasteiger partial charge in [-0.05, 0) is 57.6 Å². The lowest BCUT2D eigenvalue weighted by atomic mass is 9.84. The fraction of sp³-hybridized carbons (Fsp3) is 0.0889. The van der Waals surface area contributed by atoms with Crippen LogP contribution in [-0.4, -0.2) is 10.4 Å². The molecule has 1 N–H and O–H groups in total. The minimum Gasteiger partial charge on any atom is -0.370 e. The van der Waals surface area contributed by atoms with Gasteiger partial charge in [-0.15, -0.1) is 11.3 Å². The number of thiophene rings is 1. The van der Waals surface area contributed by atoms with Crippen molar-refractivity contribution in [3.8, 4) is 0 Å². The van der Waals surface area contributed by atoms with Crippen LogP contribution in [0.3, 0.4) is 0 Å². The van der Waals surface area contributed by atoms with E-state index in [2.05, 4.69) is 163 Å². The fourth-order valence-electron chi connectivity index (χ4n) is 8.58. The zero-order valence-corrected chi connectivity index (χ0v) is 28.0. The van der Waals surface area contributed by atoms with Gasteiger partial charge in [0.2, 0.25) is 0 Å². The minimum absolute atomic E-state index is 0.187. The predicted molar refractivity (Wildman–Crippen MR) is 209 cm³/mol. The molecule has 4 heteroatoms. The first kappa shape index (κ1) is 27.3. The highest BCUT2D eigenvalue weighted by atomic mass is 32.1. The van der Waals surface area contributed by atoms with Crippen molar-refractivity contribution < 1.29 is 0 Å². The van der Waals surface area contributed by atoms with Gasteiger partial charge in [0.05, 0.1) is 22.4 Å². The average Bonchev–Trinajstić information content (AvgIpc) is 3.75. The Morgan fingerprint density at radius 3 is 2.20 bits per heavy atom. The lowest BCUT2D eigenvalue weighted by Gasteiger charge is -2.31. The summed E-state index contributed by atoms with van der Waals surface area (Å²) >= 11 is 1.86. The van der Waals surface area contributed by atoms with E-state index < -0.39 is 0 Å². The number of aromatic nitrogens is 1. The molecule has 0 saturated heterocycles. The molecule has 0 bridgehead atoms. The quantitative estimate of drug-likeness (QED) is 0.189. The topological polar surface area (TPSA) is 29.3 Å². The SMILES string of the molecule is CC1(C)C2=C(NC(c3ccc4sc5ccccc5c4c3)C(n3c4cc5ccccc5cc4c4ccc5ccccc5c43)=N2)c2ccccc21. The summed E-state index contributed by atoms with van der Waals surface area (Å²) in [4.78, 5) is 5.83. The van der Waals surface area contributed by atoms with E-state index in [0.29, 0.717) is 0 Å². The minimum atomic E-state index is -0.254. The molecule has 1 unspecified atom stereocenters. The number of hydrogen-bond donors (Lipinski definition) is 1. The Hall–Kier alpha value is -5.71. The second kappa shape index (κ2) is 9.68. The first-order valence-corrected chi connectivity index (χ1v) is 17.8. The van der Waals surface area contributed by atoms with Gasteiger partial charge in [-0.2, -0.15) is 0 Å². The van der Waals surface area contributed by atoms with E-state index in [1.54, 1.807) is 0 Å². The number of aliphatic imine (C=N–C) groups is 1. The number of rotatable bonds is 1. The summed E-state index contributed by atoms with van der Waals surface area (Å²) < 4.78 is 5.11. The Bertz CT molecular complexity index is 2950. The molecule has 0 saturated carbocycles. The van der Waals surface area contributed by atoms with Crippen molar-refractivity contribution in [2.75, 3.05) is 0 Å². The van der Waals surface area contributed by atoms with Crippen molar-refractivity contribution in [2.24, 2.45) is 4.99 Å². The van der Waals surface area contributed by atoms with Crippen molar-refractivity contribution in [1.29, 1.82) is 0 Å². The van der Waals surface area contributed by atoms with E-state index in [-0.39, 0.29) is 11.5 Å². The Labute approximate surface area is 287 Å². The summed E-state index contributed by atoms with van der Waals surface area (Å²) in [6.45, 7) is 4.63. The number of benzene rings is 7. The second-order valence-corrected chi connectivity index (χ2v) is 15.1. The molecule has 9 aromatic rings. The predicted octanol–water partition coefficient (Wildman–Crippen LogP) is 11.7. The first-order chi connectivity index (χ1) is 24.0. The Morgan fingerprint density at radius 2 is 1.33 bits per heavy atom. The maximum Gasteiger partial charge on any atom is 0.141 e. The summed E-state index contributed by atoms with van der Waals surface area (Å²) in [7, 11) is 0. The van der Waals surface area contributed by atoms with Crippen LogP contribution in [0.25, 0.3) is 69.2 Å². The summed E-state index contributed by atoms with van der Waals surface area (Å²) in [6.07, 6.45) is 0. The van der Waals surface area contributed by atoms with Gasteiger partial charge >= 0.3 is 0 Å². The van der Waals surface area contributed by atoms with Gasteiger partial charge in [-0.1, -0.05) is 123 Å². The number of hydrogen-bond acceptors (Lipinski definition) is 3. The molecule has 7 aromatic carbocycles. The number of nitrogens with one attached hydrogen (secondary N) is 1. The monoisotopic (exact) mass is 645 g/mol. The molecule has 1 atom stereocenters. The molecule has 49 heavy (non-hydrogen) atoms. The molecule has 0 amide bonds. The average molecular weight is 646 g/mol. The van der Waals surface area contributed by atoms with Crippen LogP contribution in [0.2, 0.25) is 0 Å². The van der Waals surface area contributed by atoms with Gasteiger partial charge < -0.3 is 5.32 Å². The molecule has 232 valence electrons. The highest BCUT2D eigenvalue weighted by molar-refractivity contribution is 7.25. The van der Waals surface area contributed by atoms with Crippen LogP contribution < -0.4 is 5.32 Å². The maximum atomic E-state index is 5.83. The van der Waals surface area contributed by atoms with Crippen molar-refractivity contribution in [3.05, 3.63) is 162 Å². The third kappa shape index (κ3) is 3.70. The number of allylic oxidation sites excluding steroid dienone is 1. The van der Waals surface area contributed by atoms with E-state index in [0.717, 1.165) is 17.2 Å². The second-order valence-electron chi connectivity index (χ2n) is 14.0. The third-order valence-electron chi connectivity index (χ3n) is 11.0. The highest BCUT2D eigenvalue weighted by Crippen LogP contribution is 2.50. The standard InChI is InChI=1S/C45H31N3S/c1-45(2)36-17-9-7-16-33(36)41-43(45)47-44(40(46-41)29-20-22-39-35(24-29)31-15-8-10-18-38(31)49-39)48-37-25-28-13-4-3-12-27(28)23-34(37)32-21-19-26-11-5-6-14-30(26)42(32)48/h3-25,40,46H,1-2H3. The lowest BCUT2D eigenvalue weighted by Crippen LogP contribution is -2.36. The van der Waals surface area contributed by atoms with Crippen LogP contribution in [-0.2, 0) is 5.41 Å². The van der Waals surface area contributed by atoms with Crippen molar-refractivity contribution in [1.82, 2.24) is 9.88 Å². The molecule has 0 spiro atoms. The molecule has 3 nitrogen and oxygen atoms in total.